The van der Waals surface area contributed by atoms with Crippen molar-refractivity contribution in [3.05, 3.63) is 182 Å². The van der Waals surface area contributed by atoms with E-state index in [-0.39, 0.29) is 17.2 Å². The second-order valence-corrected chi connectivity index (χ2v) is 15.1. The highest BCUT2D eigenvalue weighted by atomic mass is 32.1. The molecule has 266 valence electrons. The lowest BCUT2D eigenvalue weighted by Gasteiger charge is -2.13. The van der Waals surface area contributed by atoms with Crippen molar-refractivity contribution in [2.45, 2.75) is 0 Å². The van der Waals surface area contributed by atoms with Crippen molar-refractivity contribution in [1.29, 1.82) is 0 Å². The highest BCUT2D eigenvalue weighted by molar-refractivity contribution is 7.26. The summed E-state index contributed by atoms with van der Waals surface area (Å²) in [6.45, 7) is 0. The lowest BCUT2D eigenvalue weighted by atomic mass is 10.0. The smallest absolute Gasteiger partial charge is 0.165 e. The van der Waals surface area contributed by atoms with E-state index in [2.05, 4.69) is 83.4 Å². The van der Waals surface area contributed by atoms with Crippen LogP contribution in [-0.2, 0) is 0 Å². The number of rotatable bonds is 5. The van der Waals surface area contributed by atoms with E-state index in [1.165, 1.54) is 0 Å². The van der Waals surface area contributed by atoms with Crippen LogP contribution in [0.3, 0.4) is 0 Å². The summed E-state index contributed by atoms with van der Waals surface area (Å²) in [5.74, 6) is 0.528. The Morgan fingerprint density at radius 2 is 1.09 bits per heavy atom. The van der Waals surface area contributed by atoms with Gasteiger partial charge in [0.1, 0.15) is 11.2 Å². The Labute approximate surface area is 337 Å². The first-order valence-corrected chi connectivity index (χ1v) is 19.4. The zero-order chi connectivity index (χ0) is 41.8. The summed E-state index contributed by atoms with van der Waals surface area (Å²) in [5, 5.41) is 6.25. The van der Waals surface area contributed by atoms with Gasteiger partial charge in [-0.3, -0.25) is 0 Å². The normalized spacial score (nSPS) is 13.1. The van der Waals surface area contributed by atoms with Gasteiger partial charge in [-0.2, -0.15) is 0 Å². The highest BCUT2D eigenvalue weighted by Gasteiger charge is 2.21. The fourth-order valence-electron chi connectivity index (χ4n) is 8.13. The van der Waals surface area contributed by atoms with Gasteiger partial charge >= 0.3 is 0 Å². The third-order valence-corrected chi connectivity index (χ3v) is 11.9. The van der Waals surface area contributed by atoms with Crippen LogP contribution in [0.2, 0.25) is 0 Å². The molecule has 57 heavy (non-hydrogen) atoms. The van der Waals surface area contributed by atoms with E-state index in [0.717, 1.165) is 75.1 Å². The van der Waals surface area contributed by atoms with Gasteiger partial charge in [-0.1, -0.05) is 133 Å². The first-order valence-electron chi connectivity index (χ1n) is 21.1. The molecule has 4 aromatic heterocycles. The molecule has 0 saturated carbocycles. The van der Waals surface area contributed by atoms with E-state index < -0.39 is 30.2 Å². The Bertz CT molecular complexity index is 3760. The van der Waals surface area contributed by atoms with Crippen LogP contribution >= 0.6 is 11.3 Å². The van der Waals surface area contributed by atoms with E-state index in [4.69, 9.17) is 26.2 Å². The average molecular weight is 752 g/mol. The van der Waals surface area contributed by atoms with Gasteiger partial charge in [-0.15, -0.1) is 11.3 Å². The molecule has 0 amide bonds. The van der Waals surface area contributed by atoms with Gasteiger partial charge in [-0.05, 0) is 59.7 Å². The number of aromatic nitrogens is 4. The number of hydrogen-bond acceptors (Lipinski definition) is 5. The topological polar surface area (TPSA) is 56.7 Å². The van der Waals surface area contributed by atoms with Gasteiger partial charge in [0.15, 0.2) is 17.5 Å². The molecule has 0 spiro atoms. The van der Waals surface area contributed by atoms with Gasteiger partial charge in [-0.25, -0.2) is 15.0 Å². The van der Waals surface area contributed by atoms with Crippen molar-refractivity contribution >= 4 is 75.3 Å². The maximum absolute atomic E-state index is 8.98. The molecule has 0 unspecified atom stereocenters. The molecule has 12 rings (SSSR count). The van der Waals surface area contributed by atoms with Crippen LogP contribution in [-0.4, -0.2) is 19.5 Å². The Morgan fingerprint density at radius 1 is 0.456 bits per heavy atom. The Hall–Kier alpha value is -7.41. The zero-order valence-electron chi connectivity index (χ0n) is 35.0. The van der Waals surface area contributed by atoms with Crippen LogP contribution in [0.4, 0.5) is 0 Å². The molecule has 6 heteroatoms. The largest absolute Gasteiger partial charge is 0.456 e. The summed E-state index contributed by atoms with van der Waals surface area (Å²) in [4.78, 5) is 15.1. The van der Waals surface area contributed by atoms with E-state index in [1.807, 2.05) is 72.8 Å². The number of hydrogen-bond donors (Lipinski definition) is 0. The molecule has 0 fully saturated rings. The lowest BCUT2D eigenvalue weighted by Crippen LogP contribution is -2.01. The second-order valence-electron chi connectivity index (χ2n) is 14.0. The first-order chi connectivity index (χ1) is 30.3. The average Bonchev–Trinajstić information content (AvgIpc) is 3.99. The molecular formula is C51H30N4OS. The molecule has 0 bridgehead atoms. The van der Waals surface area contributed by atoms with Crippen molar-refractivity contribution in [3.8, 4) is 51.0 Å². The number of fused-ring (bicyclic) bond motifs is 9. The van der Waals surface area contributed by atoms with Crippen molar-refractivity contribution in [2.75, 3.05) is 0 Å². The van der Waals surface area contributed by atoms with Crippen LogP contribution < -0.4 is 0 Å². The minimum atomic E-state index is -0.491. The highest BCUT2D eigenvalue weighted by Crippen LogP contribution is 2.44. The molecule has 12 aromatic rings. The molecule has 0 atom stereocenters. The lowest BCUT2D eigenvalue weighted by molar-refractivity contribution is 0.669. The Balaban J connectivity index is 1.18. The Kier molecular flexibility index (Phi) is 6.00. The van der Waals surface area contributed by atoms with Crippen LogP contribution in [0.1, 0.15) is 6.85 Å². The van der Waals surface area contributed by atoms with Crippen LogP contribution in [0.5, 0.6) is 0 Å². The molecule has 0 aliphatic rings. The van der Waals surface area contributed by atoms with Crippen molar-refractivity contribution in [1.82, 2.24) is 19.5 Å². The maximum atomic E-state index is 8.98. The van der Waals surface area contributed by atoms with Crippen LogP contribution in [0.15, 0.2) is 186 Å². The summed E-state index contributed by atoms with van der Waals surface area (Å²) < 4.78 is 54.0. The third-order valence-electron chi connectivity index (χ3n) is 10.7. The molecule has 0 aliphatic heterocycles. The third kappa shape index (κ3) is 5.12. The van der Waals surface area contributed by atoms with E-state index in [1.54, 1.807) is 11.3 Å². The summed E-state index contributed by atoms with van der Waals surface area (Å²) in [5.41, 5.74) is 7.81. The molecule has 4 heterocycles. The minimum absolute atomic E-state index is 0.0328. The first kappa shape index (κ1) is 27.2. The number of para-hydroxylation sites is 3. The number of benzene rings is 8. The second kappa shape index (κ2) is 12.6. The minimum Gasteiger partial charge on any atom is -0.456 e. The number of nitrogens with zero attached hydrogens (tertiary/aromatic N) is 4. The summed E-state index contributed by atoms with van der Waals surface area (Å²) in [7, 11) is 0. The van der Waals surface area contributed by atoms with E-state index >= 15 is 0 Å². The number of thiophene rings is 1. The van der Waals surface area contributed by atoms with Gasteiger partial charge in [0, 0.05) is 64.1 Å². The summed E-state index contributed by atoms with van der Waals surface area (Å²) >= 11 is 1.64. The van der Waals surface area contributed by atoms with Crippen LogP contribution in [0, 0.1) is 0 Å². The van der Waals surface area contributed by atoms with E-state index in [9.17, 15) is 0 Å². The van der Waals surface area contributed by atoms with Crippen molar-refractivity contribution < 1.29 is 11.3 Å². The molecule has 0 aliphatic carbocycles. The fourth-order valence-corrected chi connectivity index (χ4v) is 9.37. The molecule has 0 radical (unpaired) electrons. The zero-order valence-corrected chi connectivity index (χ0v) is 30.9. The standard InChI is InChI=1S/C51H30N4OS/c1-3-13-31(14-4-1)33-23-26-40-41-29-35(55-43-20-10-7-17-36(43)37-18-8-11-21-44(37)55)30-42(48(41)57-47(40)28-33)51-53-49(32-15-5-2-6-16-32)52-50(54-51)34-24-25-39-38-19-9-12-22-45(38)56-46(39)27-34/h1-30H/i2D,5D,6D,15D,16D. The van der Waals surface area contributed by atoms with Gasteiger partial charge < -0.3 is 8.98 Å². The summed E-state index contributed by atoms with van der Waals surface area (Å²) in [6.07, 6.45) is 0. The van der Waals surface area contributed by atoms with Crippen molar-refractivity contribution in [3.63, 3.8) is 0 Å². The monoisotopic (exact) mass is 751 g/mol. The quantitative estimate of drug-likeness (QED) is 0.176. The van der Waals surface area contributed by atoms with Gasteiger partial charge in [0.25, 0.3) is 0 Å². The summed E-state index contributed by atoms with van der Waals surface area (Å²) in [6, 6.07) is 49.3. The predicted octanol–water partition coefficient (Wildman–Crippen LogP) is 13.9. The molecule has 0 saturated heterocycles. The maximum Gasteiger partial charge on any atom is 0.165 e. The van der Waals surface area contributed by atoms with Crippen molar-refractivity contribution in [2.24, 2.45) is 0 Å². The predicted molar refractivity (Wildman–Crippen MR) is 236 cm³/mol. The Morgan fingerprint density at radius 3 is 1.88 bits per heavy atom. The van der Waals surface area contributed by atoms with E-state index in [0.29, 0.717) is 22.5 Å². The molecule has 0 N–H and O–H groups in total. The SMILES string of the molecule is [2H]c1c([2H])c([2H])c(-c2nc(-c3ccc4c(c3)oc3ccccc34)nc(-c3cc(-n4c5ccccc5c5ccccc54)cc4c3sc3cc(-c5ccccc5)ccc34)n2)c([2H])c1[2H]. The molecular weight excluding hydrogens is 717 g/mol. The molecule has 5 nitrogen and oxygen atoms in total. The number of furan rings is 1. The van der Waals surface area contributed by atoms with Gasteiger partial charge in [0.05, 0.1) is 17.9 Å². The van der Waals surface area contributed by atoms with Crippen LogP contribution in [0.25, 0.3) is 115 Å². The fraction of sp³-hybridized carbons (Fsp3) is 0. The molecule has 8 aromatic carbocycles. The van der Waals surface area contributed by atoms with Gasteiger partial charge in [0.2, 0.25) is 0 Å².